The molecule has 2 N–H and O–H groups in total. The summed E-state index contributed by atoms with van der Waals surface area (Å²) in [5, 5.41) is 0. The third-order valence-corrected chi connectivity index (χ3v) is 4.10. The van der Waals surface area contributed by atoms with Crippen LogP contribution in [0.15, 0.2) is 23.1 Å². The normalized spacial score (nSPS) is 10.7. The Kier molecular flexibility index (Phi) is 7.18. The van der Waals surface area contributed by atoms with Crippen molar-refractivity contribution in [1.29, 1.82) is 0 Å². The molecule has 0 aliphatic rings. The lowest BCUT2D eigenvalue weighted by atomic mass is 10.1. The topological polar surface area (TPSA) is 26.0 Å². The van der Waals surface area contributed by atoms with Crippen molar-refractivity contribution in [2.75, 3.05) is 11.5 Å². The molecule has 0 spiro atoms. The monoisotopic (exact) mass is 251 g/mol. The quantitative estimate of drug-likeness (QED) is 0.398. The number of nitrogen functional groups attached to an aromatic ring is 1. The van der Waals surface area contributed by atoms with Gasteiger partial charge in [0.2, 0.25) is 0 Å². The summed E-state index contributed by atoms with van der Waals surface area (Å²) in [6.45, 7) is 4.34. The first kappa shape index (κ1) is 14.4. The number of hydrogen-bond acceptors (Lipinski definition) is 2. The van der Waals surface area contributed by atoms with Crippen molar-refractivity contribution >= 4 is 17.4 Å². The molecule has 0 atom stereocenters. The molecule has 0 heterocycles. The van der Waals surface area contributed by atoms with E-state index in [1.165, 1.54) is 54.7 Å². The molecule has 1 aromatic rings. The van der Waals surface area contributed by atoms with Crippen molar-refractivity contribution in [2.45, 2.75) is 57.3 Å². The van der Waals surface area contributed by atoms with Crippen LogP contribution in [0, 0.1) is 6.92 Å². The maximum Gasteiger partial charge on any atom is 0.0454 e. The van der Waals surface area contributed by atoms with Crippen LogP contribution in [-0.4, -0.2) is 5.75 Å². The summed E-state index contributed by atoms with van der Waals surface area (Å²) in [5.74, 6) is 1.19. The highest BCUT2D eigenvalue weighted by Crippen LogP contribution is 2.26. The van der Waals surface area contributed by atoms with Crippen molar-refractivity contribution in [1.82, 2.24) is 0 Å². The Hall–Kier alpha value is -0.630. The molecule has 0 aliphatic carbocycles. The van der Waals surface area contributed by atoms with Crippen molar-refractivity contribution < 1.29 is 0 Å². The number of aryl methyl sites for hydroxylation is 1. The van der Waals surface area contributed by atoms with Gasteiger partial charge in [-0.3, -0.25) is 0 Å². The second kappa shape index (κ2) is 8.46. The molecule has 96 valence electrons. The molecule has 0 aliphatic heterocycles. The van der Waals surface area contributed by atoms with E-state index in [-0.39, 0.29) is 0 Å². The van der Waals surface area contributed by atoms with Gasteiger partial charge in [0.1, 0.15) is 0 Å². The predicted molar refractivity (Wildman–Crippen MR) is 79.7 cm³/mol. The molecule has 0 aromatic heterocycles. The molecule has 1 aromatic carbocycles. The minimum absolute atomic E-state index is 0.931. The molecule has 1 nitrogen and oxygen atoms in total. The fourth-order valence-electron chi connectivity index (χ4n) is 1.86. The molecule has 0 unspecified atom stereocenters. The van der Waals surface area contributed by atoms with E-state index >= 15 is 0 Å². The Balaban J connectivity index is 2.14. The number of unbranched alkanes of at least 4 members (excludes halogenated alkanes) is 5. The van der Waals surface area contributed by atoms with Crippen LogP contribution in [0.1, 0.15) is 51.0 Å². The van der Waals surface area contributed by atoms with Gasteiger partial charge >= 0.3 is 0 Å². The van der Waals surface area contributed by atoms with E-state index in [1.807, 2.05) is 11.8 Å². The lowest BCUT2D eigenvalue weighted by Crippen LogP contribution is -1.90. The van der Waals surface area contributed by atoms with Crippen LogP contribution in [0.2, 0.25) is 0 Å². The SMILES string of the molecule is CCCCCCCCSc1ccc(C)cc1N. The third-order valence-electron chi connectivity index (χ3n) is 2.92. The number of rotatable bonds is 8. The highest BCUT2D eigenvalue weighted by molar-refractivity contribution is 7.99. The van der Waals surface area contributed by atoms with Crippen molar-refractivity contribution in [2.24, 2.45) is 0 Å². The summed E-state index contributed by atoms with van der Waals surface area (Å²) < 4.78 is 0. The Morgan fingerprint density at radius 3 is 2.47 bits per heavy atom. The van der Waals surface area contributed by atoms with Crippen LogP contribution in [0.3, 0.4) is 0 Å². The van der Waals surface area contributed by atoms with Crippen LogP contribution in [-0.2, 0) is 0 Å². The van der Waals surface area contributed by atoms with Crippen molar-refractivity contribution in [3.63, 3.8) is 0 Å². The first-order valence-corrected chi connectivity index (χ1v) is 7.71. The molecule has 2 heteroatoms. The Morgan fingerprint density at radius 2 is 1.76 bits per heavy atom. The largest absolute Gasteiger partial charge is 0.398 e. The second-order valence-corrected chi connectivity index (χ2v) is 5.79. The highest BCUT2D eigenvalue weighted by Gasteiger charge is 1.99. The molecule has 0 saturated heterocycles. The smallest absolute Gasteiger partial charge is 0.0454 e. The Bertz CT molecular complexity index is 323. The van der Waals surface area contributed by atoms with Gasteiger partial charge in [0.05, 0.1) is 0 Å². The first-order chi connectivity index (χ1) is 8.24. The van der Waals surface area contributed by atoms with Crippen LogP contribution in [0.4, 0.5) is 5.69 Å². The van der Waals surface area contributed by atoms with Crippen LogP contribution in [0.25, 0.3) is 0 Å². The number of benzene rings is 1. The summed E-state index contributed by atoms with van der Waals surface area (Å²) in [7, 11) is 0. The van der Waals surface area contributed by atoms with Gasteiger partial charge in [-0.1, -0.05) is 45.1 Å². The zero-order valence-corrected chi connectivity index (χ0v) is 12.0. The lowest BCUT2D eigenvalue weighted by molar-refractivity contribution is 0.627. The van der Waals surface area contributed by atoms with E-state index in [2.05, 4.69) is 32.0 Å². The summed E-state index contributed by atoms with van der Waals surface area (Å²) in [5.41, 5.74) is 8.15. The van der Waals surface area contributed by atoms with E-state index in [0.717, 1.165) is 5.69 Å². The average molecular weight is 251 g/mol. The Morgan fingerprint density at radius 1 is 1.06 bits per heavy atom. The minimum Gasteiger partial charge on any atom is -0.398 e. The van der Waals surface area contributed by atoms with Gasteiger partial charge in [0.15, 0.2) is 0 Å². The third kappa shape index (κ3) is 6.02. The fraction of sp³-hybridized carbons (Fsp3) is 0.600. The maximum absolute atomic E-state index is 5.98. The molecular formula is C15H25NS. The maximum atomic E-state index is 5.98. The Labute approximate surface area is 110 Å². The van der Waals surface area contributed by atoms with E-state index in [1.54, 1.807) is 0 Å². The van der Waals surface area contributed by atoms with E-state index in [0.29, 0.717) is 0 Å². The number of hydrogen-bond donors (Lipinski definition) is 1. The van der Waals surface area contributed by atoms with Gasteiger partial charge in [0, 0.05) is 10.6 Å². The minimum atomic E-state index is 0.931. The van der Waals surface area contributed by atoms with Gasteiger partial charge < -0.3 is 5.73 Å². The second-order valence-electron chi connectivity index (χ2n) is 4.66. The van der Waals surface area contributed by atoms with Crippen LogP contribution in [0.5, 0.6) is 0 Å². The van der Waals surface area contributed by atoms with Crippen molar-refractivity contribution in [3.05, 3.63) is 23.8 Å². The van der Waals surface area contributed by atoms with Crippen LogP contribution >= 0.6 is 11.8 Å². The molecule has 0 saturated carbocycles. The molecular weight excluding hydrogens is 226 g/mol. The summed E-state index contributed by atoms with van der Waals surface area (Å²) in [6.07, 6.45) is 8.17. The van der Waals surface area contributed by atoms with Gasteiger partial charge in [-0.05, 0) is 36.8 Å². The summed E-state index contributed by atoms with van der Waals surface area (Å²) >= 11 is 1.89. The molecule has 0 fully saturated rings. The van der Waals surface area contributed by atoms with Crippen molar-refractivity contribution in [3.8, 4) is 0 Å². The van der Waals surface area contributed by atoms with Crippen LogP contribution < -0.4 is 5.73 Å². The van der Waals surface area contributed by atoms with Gasteiger partial charge in [-0.15, -0.1) is 11.8 Å². The number of anilines is 1. The average Bonchev–Trinajstić information content (AvgIpc) is 2.30. The lowest BCUT2D eigenvalue weighted by Gasteiger charge is -2.06. The first-order valence-electron chi connectivity index (χ1n) is 6.73. The molecule has 1 rings (SSSR count). The van der Waals surface area contributed by atoms with E-state index in [9.17, 15) is 0 Å². The molecule has 17 heavy (non-hydrogen) atoms. The highest BCUT2D eigenvalue weighted by atomic mass is 32.2. The standard InChI is InChI=1S/C15H25NS/c1-3-4-5-6-7-8-11-17-15-10-9-13(2)12-14(15)16/h9-10,12H,3-8,11,16H2,1-2H3. The molecule has 0 bridgehead atoms. The van der Waals surface area contributed by atoms with Gasteiger partial charge in [-0.25, -0.2) is 0 Å². The van der Waals surface area contributed by atoms with Gasteiger partial charge in [-0.2, -0.15) is 0 Å². The summed E-state index contributed by atoms with van der Waals surface area (Å²) in [6, 6.07) is 6.34. The number of nitrogens with two attached hydrogens (primary N) is 1. The summed E-state index contributed by atoms with van der Waals surface area (Å²) in [4.78, 5) is 1.24. The molecule has 0 radical (unpaired) electrons. The predicted octanol–water partition coefficient (Wildman–Crippen LogP) is 5.03. The van der Waals surface area contributed by atoms with Gasteiger partial charge in [0.25, 0.3) is 0 Å². The zero-order chi connectivity index (χ0) is 12.5. The molecule has 0 amide bonds. The van der Waals surface area contributed by atoms with E-state index in [4.69, 9.17) is 5.73 Å². The zero-order valence-electron chi connectivity index (χ0n) is 11.2. The fourth-order valence-corrected chi connectivity index (χ4v) is 2.82. The van der Waals surface area contributed by atoms with E-state index < -0.39 is 0 Å². The number of thioether (sulfide) groups is 1.